The quantitative estimate of drug-likeness (QED) is 0.558. The molecule has 0 spiro atoms. The van der Waals surface area contributed by atoms with Crippen molar-refractivity contribution in [3.63, 3.8) is 0 Å². The molecule has 2 aliphatic heterocycles. The lowest BCUT2D eigenvalue weighted by Crippen LogP contribution is -2.61. The Hall–Kier alpha value is -2.04. The highest BCUT2D eigenvalue weighted by Crippen LogP contribution is 2.47. The molecular weight excluding hydrogens is 378 g/mol. The van der Waals surface area contributed by atoms with E-state index >= 15 is 0 Å². The number of carboxylic acid groups (broad SMARTS) is 1. The molecule has 0 radical (unpaired) electrons. The molecule has 8 nitrogen and oxygen atoms in total. The minimum atomic E-state index is -1.19. The van der Waals surface area contributed by atoms with Crippen molar-refractivity contribution in [3.8, 4) is 0 Å². The van der Waals surface area contributed by atoms with E-state index in [1.54, 1.807) is 24.1 Å². The van der Waals surface area contributed by atoms with E-state index in [1.165, 1.54) is 16.2 Å². The number of nitrogens with zero attached hydrogens (tertiary/aromatic N) is 3. The summed E-state index contributed by atoms with van der Waals surface area (Å²) in [5.74, 6) is -2.06. The number of fused-ring (bicyclic) bond motifs is 2. The number of hydrogen-bond donors (Lipinski definition) is 2. The van der Waals surface area contributed by atoms with Crippen LogP contribution in [0.5, 0.6) is 0 Å². The SMILES string of the molecule is C[C@@H](O)[C@H]1C(=O)N2C(C(=O)O)=C(c3c[n+]4cn(C)c(S(C)=O)c4s3)C[C@H]12. The van der Waals surface area contributed by atoms with Crippen molar-refractivity contribution >= 4 is 44.4 Å². The molecule has 2 N–H and O–H groups in total. The van der Waals surface area contributed by atoms with Crippen molar-refractivity contribution in [1.29, 1.82) is 0 Å². The van der Waals surface area contributed by atoms with Crippen LogP contribution in [-0.4, -0.2) is 54.2 Å². The number of amides is 1. The Morgan fingerprint density at radius 3 is 2.77 bits per heavy atom. The molecule has 1 unspecified atom stereocenters. The van der Waals surface area contributed by atoms with E-state index in [4.69, 9.17) is 0 Å². The second-order valence-electron chi connectivity index (χ2n) is 6.67. The Morgan fingerprint density at radius 2 is 2.19 bits per heavy atom. The summed E-state index contributed by atoms with van der Waals surface area (Å²) in [4.78, 5) is 26.9. The average Bonchev–Trinajstić information content (AvgIpc) is 3.13. The molecule has 0 saturated carbocycles. The first-order valence-electron chi connectivity index (χ1n) is 8.03. The smallest absolute Gasteiger partial charge is 0.352 e. The van der Waals surface area contributed by atoms with Gasteiger partial charge in [0.05, 0.1) is 40.8 Å². The van der Waals surface area contributed by atoms with Crippen LogP contribution in [0.4, 0.5) is 0 Å². The van der Waals surface area contributed by atoms with Gasteiger partial charge in [-0.25, -0.2) is 9.36 Å². The summed E-state index contributed by atoms with van der Waals surface area (Å²) in [5.41, 5.74) is 0.577. The van der Waals surface area contributed by atoms with Gasteiger partial charge in [-0.3, -0.25) is 9.00 Å². The number of aliphatic carboxylic acids is 1. The predicted molar refractivity (Wildman–Crippen MR) is 93.8 cm³/mol. The fourth-order valence-corrected chi connectivity index (χ4v) is 6.35. The van der Waals surface area contributed by atoms with Gasteiger partial charge in [0.25, 0.3) is 0 Å². The maximum Gasteiger partial charge on any atom is 0.352 e. The van der Waals surface area contributed by atoms with E-state index in [1.807, 2.05) is 17.6 Å². The molecule has 2 aliphatic rings. The lowest BCUT2D eigenvalue weighted by atomic mass is 9.83. The fourth-order valence-electron chi connectivity index (χ4n) is 3.95. The summed E-state index contributed by atoms with van der Waals surface area (Å²) in [6.45, 7) is 1.55. The van der Waals surface area contributed by atoms with E-state index in [0.717, 1.165) is 9.71 Å². The zero-order chi connectivity index (χ0) is 18.9. The number of carbonyl (C=O) groups is 2. The van der Waals surface area contributed by atoms with E-state index < -0.39 is 28.8 Å². The molecule has 10 heteroatoms. The summed E-state index contributed by atoms with van der Waals surface area (Å²) in [5, 5.41) is 20.1. The number of thiazole rings is 1. The number of imidazole rings is 1. The van der Waals surface area contributed by atoms with Crippen LogP contribution in [0.3, 0.4) is 0 Å². The lowest BCUT2D eigenvalue weighted by molar-refractivity contribution is -0.508. The first-order valence-corrected chi connectivity index (χ1v) is 10.4. The first kappa shape index (κ1) is 17.4. The Bertz CT molecular complexity index is 1020. The maximum absolute atomic E-state index is 12.3. The third-order valence-electron chi connectivity index (χ3n) is 5.00. The Balaban J connectivity index is 1.82. The molecule has 138 valence electrons. The molecular formula is C16H18N3O5S2+. The highest BCUT2D eigenvalue weighted by Gasteiger charge is 2.57. The van der Waals surface area contributed by atoms with Crippen LogP contribution in [0.2, 0.25) is 0 Å². The number of carbonyl (C=O) groups excluding carboxylic acids is 1. The molecule has 4 atom stereocenters. The molecule has 0 aromatic carbocycles. The lowest BCUT2D eigenvalue weighted by Gasteiger charge is -2.44. The largest absolute Gasteiger partial charge is 0.477 e. The Labute approximate surface area is 155 Å². The van der Waals surface area contributed by atoms with Crippen LogP contribution in [0.1, 0.15) is 18.2 Å². The number of rotatable bonds is 4. The van der Waals surface area contributed by atoms with E-state index in [2.05, 4.69) is 0 Å². The number of aliphatic hydroxyl groups excluding tert-OH is 1. The van der Waals surface area contributed by atoms with Crippen molar-refractivity contribution in [1.82, 2.24) is 9.47 Å². The fraction of sp³-hybridized carbons (Fsp3) is 0.438. The van der Waals surface area contributed by atoms with Crippen molar-refractivity contribution in [3.05, 3.63) is 23.1 Å². The van der Waals surface area contributed by atoms with Gasteiger partial charge in [0.1, 0.15) is 11.9 Å². The van der Waals surface area contributed by atoms with Gasteiger partial charge in [-0.05, 0) is 13.3 Å². The maximum atomic E-state index is 12.3. The van der Waals surface area contributed by atoms with Crippen LogP contribution in [-0.2, 0) is 27.4 Å². The number of carboxylic acids is 1. The van der Waals surface area contributed by atoms with Crippen LogP contribution < -0.4 is 4.40 Å². The van der Waals surface area contributed by atoms with E-state index in [0.29, 0.717) is 17.0 Å². The van der Waals surface area contributed by atoms with Gasteiger partial charge in [-0.2, -0.15) is 4.40 Å². The van der Waals surface area contributed by atoms with Crippen LogP contribution >= 0.6 is 11.3 Å². The molecule has 1 saturated heterocycles. The second kappa shape index (κ2) is 5.73. The van der Waals surface area contributed by atoms with E-state index in [-0.39, 0.29) is 17.6 Å². The van der Waals surface area contributed by atoms with Crippen molar-refractivity contribution in [2.45, 2.75) is 30.5 Å². The molecule has 1 amide bonds. The van der Waals surface area contributed by atoms with E-state index in [9.17, 15) is 24.0 Å². The Kier molecular flexibility index (Phi) is 3.83. The summed E-state index contributed by atoms with van der Waals surface area (Å²) in [7, 11) is 0.625. The monoisotopic (exact) mass is 396 g/mol. The van der Waals surface area contributed by atoms with Gasteiger partial charge in [0.15, 0.2) is 0 Å². The zero-order valence-corrected chi connectivity index (χ0v) is 16.0. The van der Waals surface area contributed by atoms with Gasteiger partial charge in [-0.15, -0.1) is 0 Å². The van der Waals surface area contributed by atoms with Gasteiger partial charge in [0.2, 0.25) is 22.1 Å². The minimum absolute atomic E-state index is 0.00931. The van der Waals surface area contributed by atoms with Crippen molar-refractivity contribution in [2.75, 3.05) is 6.26 Å². The van der Waals surface area contributed by atoms with Crippen LogP contribution in [0.25, 0.3) is 10.4 Å². The second-order valence-corrected chi connectivity index (χ2v) is 9.00. The predicted octanol–water partition coefficient (Wildman–Crippen LogP) is -0.0301. The molecule has 1 fully saturated rings. The molecule has 4 heterocycles. The summed E-state index contributed by atoms with van der Waals surface area (Å²) in [6, 6.07) is -0.319. The zero-order valence-electron chi connectivity index (χ0n) is 14.4. The minimum Gasteiger partial charge on any atom is -0.477 e. The van der Waals surface area contributed by atoms with Gasteiger partial charge in [0, 0.05) is 11.8 Å². The third kappa shape index (κ3) is 2.22. The van der Waals surface area contributed by atoms with Crippen molar-refractivity contribution in [2.24, 2.45) is 13.0 Å². The number of β-lactam (4-membered cyclic amide) rings is 1. The molecule has 2 aromatic rings. The van der Waals surface area contributed by atoms with Gasteiger partial charge < -0.3 is 15.1 Å². The normalized spacial score (nSPS) is 24.8. The standard InChI is InChI=1S/C16H17N3O5S2/c1-7(20)11-9-4-8(12(16(22)23)19(9)13(11)21)10-5-18-6-17(2)15(26(3)24)14(18)25-10/h5-7,9,11,20H,4H2,1-3H3/p+1/t7-,9-,11-,26?/m1/s1. The molecule has 0 aliphatic carbocycles. The molecule has 2 aromatic heterocycles. The van der Waals surface area contributed by atoms with Gasteiger partial charge in [-0.1, -0.05) is 11.3 Å². The topological polar surface area (TPSA) is 104 Å². The number of aryl methyl sites for hydroxylation is 1. The highest BCUT2D eigenvalue weighted by molar-refractivity contribution is 7.84. The van der Waals surface area contributed by atoms with Gasteiger partial charge >= 0.3 is 5.97 Å². The molecule has 4 rings (SSSR count). The molecule has 26 heavy (non-hydrogen) atoms. The highest BCUT2D eigenvalue weighted by atomic mass is 32.2. The third-order valence-corrected chi connectivity index (χ3v) is 7.32. The number of hydrogen-bond acceptors (Lipinski definition) is 5. The van der Waals surface area contributed by atoms with Crippen LogP contribution in [0, 0.1) is 5.92 Å². The first-order chi connectivity index (χ1) is 12.2. The Morgan fingerprint density at radius 1 is 1.50 bits per heavy atom. The summed E-state index contributed by atoms with van der Waals surface area (Å²) in [6.07, 6.45) is 4.78. The number of aliphatic hydroxyl groups is 1. The summed E-state index contributed by atoms with van der Waals surface area (Å²) >= 11 is 1.36. The molecule has 0 bridgehead atoms. The number of aromatic nitrogens is 2. The summed E-state index contributed by atoms with van der Waals surface area (Å²) < 4.78 is 15.6. The van der Waals surface area contributed by atoms with Crippen LogP contribution in [0.15, 0.2) is 23.2 Å². The van der Waals surface area contributed by atoms with Crippen molar-refractivity contribution < 1.29 is 28.4 Å². The average molecular weight is 396 g/mol.